The summed E-state index contributed by atoms with van der Waals surface area (Å²) in [5.41, 5.74) is -0.450. The number of carbonyl (C=O) groups excluding carboxylic acids is 2. The molecule has 1 aromatic carbocycles. The van der Waals surface area contributed by atoms with Crippen molar-refractivity contribution in [2.24, 2.45) is 0 Å². The van der Waals surface area contributed by atoms with Gasteiger partial charge in [-0.05, 0) is 48.6 Å². The zero-order chi connectivity index (χ0) is 23.9. The Bertz CT molecular complexity index is 1100. The number of ether oxygens (including phenoxy) is 2. The molecule has 0 bridgehead atoms. The van der Waals surface area contributed by atoms with Gasteiger partial charge in [0.25, 0.3) is 15.9 Å². The van der Waals surface area contributed by atoms with E-state index in [1.165, 1.54) is 25.2 Å². The van der Waals surface area contributed by atoms with Gasteiger partial charge in [-0.25, -0.2) is 13.2 Å². The molecule has 0 aliphatic heterocycles. The average molecular weight is 492 g/mol. The van der Waals surface area contributed by atoms with Crippen molar-refractivity contribution in [3.8, 4) is 11.8 Å². The molecular weight excluding hydrogens is 466 g/mol. The Hall–Kier alpha value is -3.10. The molecule has 0 radical (unpaired) electrons. The Morgan fingerprint density at radius 3 is 2.45 bits per heavy atom. The van der Waals surface area contributed by atoms with Gasteiger partial charge in [-0.3, -0.25) is 9.10 Å². The van der Waals surface area contributed by atoms with E-state index < -0.39 is 40.7 Å². The Morgan fingerprint density at radius 1 is 1.15 bits per heavy atom. The lowest BCUT2D eigenvalue weighted by Crippen LogP contribution is -2.50. The summed E-state index contributed by atoms with van der Waals surface area (Å²) in [6.45, 7) is -0.907. The molecule has 176 valence electrons. The highest BCUT2D eigenvalue weighted by atomic mass is 32.2. The maximum atomic E-state index is 12.6. The van der Waals surface area contributed by atoms with Crippen LogP contribution in [0.25, 0.3) is 0 Å². The third-order valence-corrected chi connectivity index (χ3v) is 8.49. The van der Waals surface area contributed by atoms with E-state index in [-0.39, 0.29) is 4.21 Å². The Balaban J connectivity index is 1.46. The van der Waals surface area contributed by atoms with Crippen LogP contribution >= 0.6 is 11.3 Å². The maximum Gasteiger partial charge on any atom is 0.344 e. The van der Waals surface area contributed by atoms with Crippen LogP contribution < -0.4 is 14.4 Å². The van der Waals surface area contributed by atoms with Crippen LogP contribution in [0.4, 0.5) is 5.69 Å². The lowest BCUT2D eigenvalue weighted by molar-refractivity contribution is -0.150. The first-order chi connectivity index (χ1) is 15.8. The molecule has 1 N–H and O–H groups in total. The van der Waals surface area contributed by atoms with Gasteiger partial charge in [-0.2, -0.15) is 5.26 Å². The molecule has 0 saturated heterocycles. The SMILES string of the molecule is CN(c1ccc(OCC(=O)OCC(=O)NC2(C#N)CCCCC2)cc1)S(=O)(=O)c1cccs1. The number of hydrogen-bond acceptors (Lipinski definition) is 8. The molecule has 1 fully saturated rings. The normalized spacial score (nSPS) is 15.2. The fourth-order valence-corrected chi connectivity index (χ4v) is 5.85. The van der Waals surface area contributed by atoms with Crippen LogP contribution in [-0.2, 0) is 24.3 Å². The summed E-state index contributed by atoms with van der Waals surface area (Å²) < 4.78 is 36.8. The number of carbonyl (C=O) groups is 2. The van der Waals surface area contributed by atoms with Gasteiger partial charge in [0, 0.05) is 7.05 Å². The summed E-state index contributed by atoms with van der Waals surface area (Å²) in [4.78, 5) is 24.0. The monoisotopic (exact) mass is 491 g/mol. The maximum absolute atomic E-state index is 12.6. The number of thiophene rings is 1. The van der Waals surface area contributed by atoms with E-state index in [9.17, 15) is 23.3 Å². The number of nitrogens with zero attached hydrogens (tertiary/aromatic N) is 2. The average Bonchev–Trinajstić information content (AvgIpc) is 3.38. The number of benzene rings is 1. The minimum atomic E-state index is -3.64. The van der Waals surface area contributed by atoms with Crippen LogP contribution in [-0.4, -0.2) is 46.1 Å². The lowest BCUT2D eigenvalue weighted by atomic mass is 9.83. The lowest BCUT2D eigenvalue weighted by Gasteiger charge is -2.31. The standard InChI is InChI=1S/C22H25N3O6S2/c1-25(33(28,29)21-6-5-13-32-21)17-7-9-18(10-8-17)30-15-20(27)31-14-19(26)24-22(16-23)11-3-2-4-12-22/h5-10,13H,2-4,11-12,14-15H2,1H3,(H,24,26). The van der Waals surface area contributed by atoms with E-state index in [0.717, 1.165) is 34.9 Å². The second-order valence-electron chi connectivity index (χ2n) is 7.65. The number of nitrogens with one attached hydrogen (secondary N) is 1. The third-order valence-electron chi connectivity index (χ3n) is 5.33. The zero-order valence-corrected chi connectivity index (χ0v) is 19.8. The molecule has 1 aliphatic rings. The zero-order valence-electron chi connectivity index (χ0n) is 18.2. The van der Waals surface area contributed by atoms with Crippen LogP contribution in [0.2, 0.25) is 0 Å². The molecule has 1 aromatic heterocycles. The van der Waals surface area contributed by atoms with E-state index in [2.05, 4.69) is 11.4 Å². The smallest absolute Gasteiger partial charge is 0.344 e. The van der Waals surface area contributed by atoms with Gasteiger partial charge >= 0.3 is 5.97 Å². The molecule has 0 unspecified atom stereocenters. The number of esters is 1. The van der Waals surface area contributed by atoms with Crippen LogP contribution in [0.5, 0.6) is 5.75 Å². The fourth-order valence-electron chi connectivity index (χ4n) is 3.49. The van der Waals surface area contributed by atoms with Crippen LogP contribution in [0.15, 0.2) is 46.0 Å². The highest BCUT2D eigenvalue weighted by molar-refractivity contribution is 7.94. The minimum Gasteiger partial charge on any atom is -0.482 e. The van der Waals surface area contributed by atoms with Crippen LogP contribution in [0.3, 0.4) is 0 Å². The molecule has 1 aliphatic carbocycles. The highest BCUT2D eigenvalue weighted by Crippen LogP contribution is 2.28. The number of hydrogen-bond donors (Lipinski definition) is 1. The van der Waals surface area contributed by atoms with Gasteiger partial charge in [0.1, 0.15) is 15.5 Å². The number of nitriles is 1. The van der Waals surface area contributed by atoms with Crippen molar-refractivity contribution >= 4 is 38.9 Å². The van der Waals surface area contributed by atoms with E-state index in [0.29, 0.717) is 24.3 Å². The second-order valence-corrected chi connectivity index (χ2v) is 10.8. The number of sulfonamides is 1. The first kappa shape index (κ1) is 24.5. The molecule has 0 atom stereocenters. The highest BCUT2D eigenvalue weighted by Gasteiger charge is 2.33. The minimum absolute atomic E-state index is 0.237. The third kappa shape index (κ3) is 6.24. The van der Waals surface area contributed by atoms with Gasteiger partial charge in [-0.15, -0.1) is 11.3 Å². The van der Waals surface area contributed by atoms with Crippen molar-refractivity contribution in [3.63, 3.8) is 0 Å². The van der Waals surface area contributed by atoms with E-state index >= 15 is 0 Å². The molecule has 11 heteroatoms. The Labute approximate surface area is 197 Å². The predicted octanol–water partition coefficient (Wildman–Crippen LogP) is 2.84. The summed E-state index contributed by atoms with van der Waals surface area (Å²) in [5.74, 6) is -0.917. The molecule has 1 saturated carbocycles. The molecule has 3 rings (SSSR count). The summed E-state index contributed by atoms with van der Waals surface area (Å²) in [6.07, 6.45) is 3.96. The van der Waals surface area contributed by atoms with Crippen LogP contribution in [0.1, 0.15) is 32.1 Å². The van der Waals surface area contributed by atoms with Crippen molar-refractivity contribution in [2.75, 3.05) is 24.6 Å². The van der Waals surface area contributed by atoms with E-state index in [1.807, 2.05) is 0 Å². The van der Waals surface area contributed by atoms with E-state index in [1.54, 1.807) is 23.6 Å². The molecule has 2 aromatic rings. The Morgan fingerprint density at radius 2 is 1.85 bits per heavy atom. The van der Waals surface area contributed by atoms with Crippen molar-refractivity contribution < 1.29 is 27.5 Å². The summed E-state index contributed by atoms with van der Waals surface area (Å²) >= 11 is 1.13. The molecule has 1 amide bonds. The van der Waals surface area contributed by atoms with Crippen molar-refractivity contribution in [1.82, 2.24) is 5.32 Å². The topological polar surface area (TPSA) is 126 Å². The Kier molecular flexibility index (Phi) is 7.94. The van der Waals surface area contributed by atoms with Gasteiger partial charge in [-0.1, -0.05) is 25.3 Å². The van der Waals surface area contributed by atoms with Gasteiger partial charge in [0.05, 0.1) is 11.8 Å². The second kappa shape index (κ2) is 10.7. The predicted molar refractivity (Wildman–Crippen MR) is 122 cm³/mol. The van der Waals surface area contributed by atoms with Gasteiger partial charge in [0.15, 0.2) is 13.2 Å². The molecular formula is C22H25N3O6S2. The number of rotatable bonds is 9. The fraction of sp³-hybridized carbons (Fsp3) is 0.409. The summed E-state index contributed by atoms with van der Waals surface area (Å²) in [7, 11) is -2.19. The molecule has 1 heterocycles. The molecule has 9 nitrogen and oxygen atoms in total. The van der Waals surface area contributed by atoms with Gasteiger partial charge in [0.2, 0.25) is 0 Å². The van der Waals surface area contributed by atoms with E-state index in [4.69, 9.17) is 9.47 Å². The summed E-state index contributed by atoms with van der Waals surface area (Å²) in [6, 6.07) is 11.6. The molecule has 33 heavy (non-hydrogen) atoms. The quantitative estimate of drug-likeness (QED) is 0.535. The molecule has 0 spiro atoms. The summed E-state index contributed by atoms with van der Waals surface area (Å²) in [5, 5.41) is 13.8. The first-order valence-corrected chi connectivity index (χ1v) is 12.7. The number of anilines is 1. The van der Waals surface area contributed by atoms with Crippen molar-refractivity contribution in [3.05, 3.63) is 41.8 Å². The van der Waals surface area contributed by atoms with Crippen molar-refractivity contribution in [1.29, 1.82) is 5.26 Å². The van der Waals surface area contributed by atoms with Gasteiger partial charge < -0.3 is 14.8 Å². The largest absolute Gasteiger partial charge is 0.482 e. The first-order valence-electron chi connectivity index (χ1n) is 10.4. The van der Waals surface area contributed by atoms with Crippen molar-refractivity contribution in [2.45, 2.75) is 41.9 Å². The number of amides is 1. The van der Waals surface area contributed by atoms with Crippen LogP contribution in [0, 0.1) is 11.3 Å².